The molecule has 1 aliphatic heterocycles. The first-order valence-electron chi connectivity index (χ1n) is 8.29. The van der Waals surface area contributed by atoms with E-state index in [1.54, 1.807) is 23.7 Å². The van der Waals surface area contributed by atoms with E-state index in [0.717, 1.165) is 19.4 Å². The molecule has 1 atom stereocenters. The highest BCUT2D eigenvalue weighted by atomic mass is 32.2. The molecule has 0 saturated carbocycles. The van der Waals surface area contributed by atoms with Crippen LogP contribution in [0.3, 0.4) is 0 Å². The van der Waals surface area contributed by atoms with Gasteiger partial charge in [0.05, 0.1) is 18.4 Å². The zero-order valence-corrected chi connectivity index (χ0v) is 14.9. The lowest BCUT2D eigenvalue weighted by Crippen LogP contribution is -2.16. The molecule has 2 aromatic heterocycles. The van der Waals surface area contributed by atoms with E-state index in [-0.39, 0.29) is 11.9 Å². The highest BCUT2D eigenvalue weighted by Crippen LogP contribution is 2.24. The Hall–Kier alpha value is -2.33. The molecule has 0 N–H and O–H groups in total. The van der Waals surface area contributed by atoms with E-state index in [1.165, 1.54) is 17.8 Å². The number of hydrogen-bond donors (Lipinski definition) is 0. The highest BCUT2D eigenvalue weighted by Gasteiger charge is 2.19. The Bertz CT molecular complexity index is 893. The average molecular weight is 376 g/mol. The third-order valence-electron chi connectivity index (χ3n) is 4.12. The third kappa shape index (κ3) is 3.75. The molecular weight excluding hydrogens is 359 g/mol. The smallest absolute Gasteiger partial charge is 0.237 e. The minimum atomic E-state index is -0.295. The van der Waals surface area contributed by atoms with Crippen LogP contribution in [-0.4, -0.2) is 43.1 Å². The van der Waals surface area contributed by atoms with E-state index in [9.17, 15) is 4.39 Å². The molecule has 0 radical (unpaired) electrons. The van der Waals surface area contributed by atoms with E-state index in [1.807, 2.05) is 0 Å². The number of nitrogens with zero attached hydrogens (tertiary/aromatic N) is 6. The second-order valence-corrected chi connectivity index (χ2v) is 6.99. The summed E-state index contributed by atoms with van der Waals surface area (Å²) in [6, 6.07) is 4.86. The van der Waals surface area contributed by atoms with Crippen LogP contribution in [0.15, 0.2) is 27.9 Å². The van der Waals surface area contributed by atoms with Crippen LogP contribution in [0.5, 0.6) is 0 Å². The first-order chi connectivity index (χ1) is 12.7. The van der Waals surface area contributed by atoms with Gasteiger partial charge in [-0.25, -0.2) is 9.07 Å². The Morgan fingerprint density at radius 3 is 3.12 bits per heavy atom. The first kappa shape index (κ1) is 17.1. The fourth-order valence-electron chi connectivity index (χ4n) is 2.68. The molecular formula is C16H17FN6O2S. The van der Waals surface area contributed by atoms with Gasteiger partial charge in [0.2, 0.25) is 16.9 Å². The van der Waals surface area contributed by atoms with Gasteiger partial charge in [-0.2, -0.15) is 4.98 Å². The minimum Gasteiger partial charge on any atom is -0.376 e. The number of rotatable bonds is 6. The maximum atomic E-state index is 13.7. The predicted octanol–water partition coefficient (Wildman–Crippen LogP) is 2.64. The van der Waals surface area contributed by atoms with Crippen molar-refractivity contribution in [2.75, 3.05) is 6.61 Å². The monoisotopic (exact) mass is 376 g/mol. The summed E-state index contributed by atoms with van der Waals surface area (Å²) in [5.41, 5.74) is 1.16. The SMILES string of the molecule is Cc1ccc(-c2noc(CSc3nnnn3CC3CCCO3)n2)cc1F. The molecule has 3 aromatic rings. The summed E-state index contributed by atoms with van der Waals surface area (Å²) < 4.78 is 26.3. The molecule has 1 aromatic carbocycles. The number of aromatic nitrogens is 6. The Labute approximate surface area is 153 Å². The maximum absolute atomic E-state index is 13.7. The van der Waals surface area contributed by atoms with Crippen LogP contribution in [0.1, 0.15) is 24.3 Å². The molecule has 3 heterocycles. The summed E-state index contributed by atoms with van der Waals surface area (Å²) in [6.07, 6.45) is 2.24. The zero-order chi connectivity index (χ0) is 17.9. The number of aryl methyl sites for hydroxylation is 1. The molecule has 1 aliphatic rings. The van der Waals surface area contributed by atoms with Crippen molar-refractivity contribution in [1.29, 1.82) is 0 Å². The Balaban J connectivity index is 1.40. The third-order valence-corrected chi connectivity index (χ3v) is 5.06. The van der Waals surface area contributed by atoms with Gasteiger partial charge in [-0.15, -0.1) is 5.10 Å². The van der Waals surface area contributed by atoms with Crippen molar-refractivity contribution in [1.82, 2.24) is 30.3 Å². The molecule has 26 heavy (non-hydrogen) atoms. The van der Waals surface area contributed by atoms with Gasteiger partial charge in [-0.05, 0) is 41.8 Å². The van der Waals surface area contributed by atoms with Crippen LogP contribution in [0.25, 0.3) is 11.4 Å². The second-order valence-electron chi connectivity index (χ2n) is 6.04. The molecule has 0 spiro atoms. The van der Waals surface area contributed by atoms with E-state index in [2.05, 4.69) is 25.7 Å². The number of thioether (sulfide) groups is 1. The van der Waals surface area contributed by atoms with Crippen molar-refractivity contribution < 1.29 is 13.7 Å². The minimum absolute atomic E-state index is 0.157. The summed E-state index contributed by atoms with van der Waals surface area (Å²) in [5.74, 6) is 0.917. The van der Waals surface area contributed by atoms with Gasteiger partial charge in [0, 0.05) is 12.2 Å². The van der Waals surface area contributed by atoms with Gasteiger partial charge in [0.15, 0.2) is 0 Å². The molecule has 1 unspecified atom stereocenters. The first-order valence-corrected chi connectivity index (χ1v) is 9.27. The normalized spacial score (nSPS) is 17.1. The zero-order valence-electron chi connectivity index (χ0n) is 14.1. The van der Waals surface area contributed by atoms with E-state index >= 15 is 0 Å². The maximum Gasteiger partial charge on any atom is 0.237 e. The highest BCUT2D eigenvalue weighted by molar-refractivity contribution is 7.98. The largest absolute Gasteiger partial charge is 0.376 e. The lowest BCUT2D eigenvalue weighted by molar-refractivity contribution is 0.0912. The van der Waals surface area contributed by atoms with E-state index in [0.29, 0.717) is 40.3 Å². The molecule has 0 amide bonds. The Morgan fingerprint density at radius 1 is 1.38 bits per heavy atom. The number of hydrogen-bond acceptors (Lipinski definition) is 8. The van der Waals surface area contributed by atoms with Crippen molar-refractivity contribution in [3.8, 4) is 11.4 Å². The van der Waals surface area contributed by atoms with Crippen LogP contribution in [-0.2, 0) is 17.0 Å². The summed E-state index contributed by atoms with van der Waals surface area (Å²) >= 11 is 1.41. The number of benzene rings is 1. The summed E-state index contributed by atoms with van der Waals surface area (Å²) in [4.78, 5) is 4.32. The van der Waals surface area contributed by atoms with Crippen LogP contribution < -0.4 is 0 Å². The van der Waals surface area contributed by atoms with Gasteiger partial charge in [0.1, 0.15) is 5.82 Å². The molecule has 1 saturated heterocycles. The summed E-state index contributed by atoms with van der Waals surface area (Å²) in [7, 11) is 0. The topological polar surface area (TPSA) is 91.8 Å². The number of ether oxygens (including phenoxy) is 1. The molecule has 4 rings (SSSR count). The van der Waals surface area contributed by atoms with Crippen LogP contribution in [0.4, 0.5) is 4.39 Å². The molecule has 136 valence electrons. The fourth-order valence-corrected chi connectivity index (χ4v) is 3.41. The van der Waals surface area contributed by atoms with Crippen molar-refractivity contribution in [2.24, 2.45) is 0 Å². The Morgan fingerprint density at radius 2 is 2.31 bits per heavy atom. The van der Waals surface area contributed by atoms with Crippen LogP contribution >= 0.6 is 11.8 Å². The quantitative estimate of drug-likeness (QED) is 0.606. The Kier molecular flexibility index (Phi) is 4.93. The standard InChI is InChI=1S/C16H17FN6O2S/c1-10-4-5-11(7-13(10)17)15-18-14(25-20-15)9-26-16-19-21-22-23(16)8-12-3-2-6-24-12/h4-5,7,12H,2-3,6,8-9H2,1H3. The van der Waals surface area contributed by atoms with Gasteiger partial charge in [-0.1, -0.05) is 29.1 Å². The molecule has 8 nitrogen and oxygen atoms in total. The fraction of sp³-hybridized carbons (Fsp3) is 0.438. The average Bonchev–Trinajstić information content (AvgIpc) is 3.38. The van der Waals surface area contributed by atoms with Gasteiger partial charge < -0.3 is 9.26 Å². The van der Waals surface area contributed by atoms with Crippen molar-refractivity contribution in [3.05, 3.63) is 35.5 Å². The molecule has 0 aliphatic carbocycles. The summed E-state index contributed by atoms with van der Waals surface area (Å²) in [5, 5.41) is 16.4. The lowest BCUT2D eigenvalue weighted by atomic mass is 10.1. The number of tetrazole rings is 1. The van der Waals surface area contributed by atoms with Crippen molar-refractivity contribution in [3.63, 3.8) is 0 Å². The van der Waals surface area contributed by atoms with Gasteiger partial charge in [-0.3, -0.25) is 0 Å². The van der Waals surface area contributed by atoms with Gasteiger partial charge in [0.25, 0.3) is 0 Å². The summed E-state index contributed by atoms with van der Waals surface area (Å²) in [6.45, 7) is 3.13. The predicted molar refractivity (Wildman–Crippen MR) is 90.8 cm³/mol. The van der Waals surface area contributed by atoms with E-state index < -0.39 is 0 Å². The van der Waals surface area contributed by atoms with Crippen molar-refractivity contribution in [2.45, 2.75) is 43.3 Å². The van der Waals surface area contributed by atoms with Crippen LogP contribution in [0, 0.1) is 12.7 Å². The second kappa shape index (κ2) is 7.50. The van der Waals surface area contributed by atoms with E-state index in [4.69, 9.17) is 9.26 Å². The molecule has 1 fully saturated rings. The molecule has 0 bridgehead atoms. The number of halogens is 1. The van der Waals surface area contributed by atoms with Crippen LogP contribution in [0.2, 0.25) is 0 Å². The van der Waals surface area contributed by atoms with Gasteiger partial charge >= 0.3 is 0 Å². The lowest BCUT2D eigenvalue weighted by Gasteiger charge is -2.09. The van der Waals surface area contributed by atoms with Crippen molar-refractivity contribution >= 4 is 11.8 Å². The molecule has 10 heteroatoms.